The quantitative estimate of drug-likeness (QED) is 0.0723. The van der Waals surface area contributed by atoms with Gasteiger partial charge in [0.05, 0.1) is 42.0 Å². The zero-order valence-corrected chi connectivity index (χ0v) is 39.0. The van der Waals surface area contributed by atoms with E-state index in [1.165, 1.54) is 6.42 Å². The van der Waals surface area contributed by atoms with E-state index >= 15 is 0 Å². The fourth-order valence-electron chi connectivity index (χ4n) is 16.7. The van der Waals surface area contributed by atoms with Crippen LogP contribution >= 0.6 is 0 Å². The van der Waals surface area contributed by atoms with Gasteiger partial charge in [-0.1, -0.05) is 71.5 Å². The number of aromatic nitrogens is 1. The van der Waals surface area contributed by atoms with E-state index in [1.807, 2.05) is 18.5 Å². The van der Waals surface area contributed by atoms with Crippen LogP contribution in [0.15, 0.2) is 41.8 Å². The van der Waals surface area contributed by atoms with E-state index in [0.29, 0.717) is 68.5 Å². The van der Waals surface area contributed by atoms with Gasteiger partial charge in [0, 0.05) is 47.4 Å². The Kier molecular flexibility index (Phi) is 11.9. The third kappa shape index (κ3) is 7.03. The second kappa shape index (κ2) is 16.5. The molecule has 0 aromatic carbocycles. The second-order valence-electron chi connectivity index (χ2n) is 23.3. The summed E-state index contributed by atoms with van der Waals surface area (Å²) in [4.78, 5) is 31.6. The summed E-state index contributed by atoms with van der Waals surface area (Å²) < 4.78 is 5.89. The predicted molar refractivity (Wildman–Crippen MR) is 241 cm³/mol. The minimum absolute atomic E-state index is 0.0571. The standard InChI is InChI=1S/C54H77NO8/c1-7-8-9-19-53-28-44(57)43(56)27-51(53,5)41-17-20-50(4)48-35(26-54(50,62)42(41)25-46(53)59)12-10-11-34(40-30-63-49(60)47(40)36-18-21-55-29-36)24-39-37(32(3)23-45(58)52(48,6)61)16-15-33-14-13-31(2)22-38(33)39/h15,18,21,25,29,31-32,34-35,37-41,43-45,47-48,55-58,61-62H,7-9,12-14,16-17,19-20,22-24,26-28,30H2,1-6H3/t31-,32-,34+,35+,37+,38-,39-,40+,41+,43+,44-,45-,47+,48+,50-,51-,52+,53+,54-/m1/s1. The molecule has 5 fully saturated rings. The number of aliphatic hydroxyl groups is 5. The molecule has 0 amide bonds. The molecule has 0 radical (unpaired) electrons. The van der Waals surface area contributed by atoms with Gasteiger partial charge in [-0.3, -0.25) is 9.59 Å². The number of aliphatic hydroxyl groups excluding tert-OH is 3. The number of unbranched alkanes of at least 4 members (excludes halogenated alkanes) is 2. The third-order valence-corrected chi connectivity index (χ3v) is 20.1. The average Bonchev–Trinajstić information content (AvgIpc) is 3.95. The fraction of sp³-hybridized carbons (Fsp3) is 0.778. The Balaban J connectivity index is 1.13. The summed E-state index contributed by atoms with van der Waals surface area (Å²) in [6.07, 6.45) is 16.5. The first kappa shape index (κ1) is 45.4. The maximum absolute atomic E-state index is 14.9. The van der Waals surface area contributed by atoms with Crippen LogP contribution in [-0.4, -0.2) is 78.4 Å². The van der Waals surface area contributed by atoms with Crippen molar-refractivity contribution >= 4 is 11.8 Å². The molecule has 0 unspecified atom stereocenters. The first-order chi connectivity index (χ1) is 29.9. The van der Waals surface area contributed by atoms with Gasteiger partial charge in [0.1, 0.15) is 0 Å². The Labute approximate surface area is 376 Å². The summed E-state index contributed by atoms with van der Waals surface area (Å²) in [6, 6.07) is 1.98. The molecule has 9 nitrogen and oxygen atoms in total. The van der Waals surface area contributed by atoms with Gasteiger partial charge in [-0.15, -0.1) is 5.92 Å². The number of aromatic amines is 1. The van der Waals surface area contributed by atoms with Crippen LogP contribution in [0.3, 0.4) is 0 Å². The smallest absolute Gasteiger partial charge is 0.313 e. The van der Waals surface area contributed by atoms with E-state index in [9.17, 15) is 35.1 Å². The number of cyclic esters (lactones) is 1. The molecule has 1 saturated heterocycles. The Morgan fingerprint density at radius 1 is 0.921 bits per heavy atom. The normalized spacial score (nSPS) is 49.6. The van der Waals surface area contributed by atoms with Crippen molar-refractivity contribution in [1.29, 1.82) is 0 Å². The molecule has 2 heterocycles. The maximum Gasteiger partial charge on any atom is 0.313 e. The summed E-state index contributed by atoms with van der Waals surface area (Å²) in [7, 11) is 0. The Morgan fingerprint density at radius 2 is 1.70 bits per heavy atom. The molecule has 19 atom stereocenters. The molecule has 9 rings (SSSR count). The van der Waals surface area contributed by atoms with Crippen LogP contribution < -0.4 is 0 Å². The molecule has 4 saturated carbocycles. The van der Waals surface area contributed by atoms with Gasteiger partial charge in [-0.05, 0) is 154 Å². The lowest BCUT2D eigenvalue weighted by molar-refractivity contribution is -0.194. The molecule has 346 valence electrons. The van der Waals surface area contributed by atoms with Crippen molar-refractivity contribution in [2.75, 3.05) is 6.61 Å². The van der Waals surface area contributed by atoms with Crippen molar-refractivity contribution in [3.63, 3.8) is 0 Å². The van der Waals surface area contributed by atoms with Gasteiger partial charge < -0.3 is 35.3 Å². The number of carbonyl (C=O) groups is 2. The number of nitrogens with one attached hydrogen (secondary N) is 1. The van der Waals surface area contributed by atoms with Gasteiger partial charge in [0.2, 0.25) is 0 Å². The highest BCUT2D eigenvalue weighted by Gasteiger charge is 2.73. The number of esters is 1. The number of hydrogen-bond acceptors (Lipinski definition) is 8. The zero-order valence-electron chi connectivity index (χ0n) is 39.0. The second-order valence-corrected chi connectivity index (χ2v) is 23.3. The minimum atomic E-state index is -1.58. The monoisotopic (exact) mass is 868 g/mol. The van der Waals surface area contributed by atoms with Crippen molar-refractivity contribution in [1.82, 2.24) is 4.98 Å². The van der Waals surface area contributed by atoms with Crippen molar-refractivity contribution in [3.05, 3.63) is 47.3 Å². The molecule has 63 heavy (non-hydrogen) atoms. The summed E-state index contributed by atoms with van der Waals surface area (Å²) in [5.74, 6) is 7.20. The van der Waals surface area contributed by atoms with Crippen molar-refractivity contribution in [2.24, 2.45) is 75.4 Å². The highest BCUT2D eigenvalue weighted by atomic mass is 16.5. The van der Waals surface area contributed by atoms with E-state index in [1.54, 1.807) is 18.6 Å². The van der Waals surface area contributed by atoms with Crippen LogP contribution in [0.25, 0.3) is 0 Å². The Bertz CT molecular complexity index is 2030. The maximum atomic E-state index is 14.9. The van der Waals surface area contributed by atoms with Gasteiger partial charge in [0.15, 0.2) is 5.78 Å². The molecule has 0 spiro atoms. The van der Waals surface area contributed by atoms with Crippen LogP contribution in [0.5, 0.6) is 0 Å². The summed E-state index contributed by atoms with van der Waals surface area (Å²) in [6.45, 7) is 13.1. The lowest BCUT2D eigenvalue weighted by Gasteiger charge is -2.64. The van der Waals surface area contributed by atoms with E-state index in [2.05, 4.69) is 57.5 Å². The molecule has 8 aliphatic rings. The summed E-state index contributed by atoms with van der Waals surface area (Å²) in [5.41, 5.74) is -2.25. The third-order valence-electron chi connectivity index (χ3n) is 20.1. The largest absolute Gasteiger partial charge is 0.465 e. The van der Waals surface area contributed by atoms with E-state index in [0.717, 1.165) is 50.5 Å². The van der Waals surface area contributed by atoms with Crippen molar-refractivity contribution in [3.8, 4) is 11.8 Å². The lowest BCUT2D eigenvalue weighted by Crippen LogP contribution is -2.66. The lowest BCUT2D eigenvalue weighted by atomic mass is 9.40. The van der Waals surface area contributed by atoms with E-state index < -0.39 is 57.6 Å². The molecule has 1 aliphatic heterocycles. The number of ketones is 1. The van der Waals surface area contributed by atoms with Crippen LogP contribution in [0.2, 0.25) is 0 Å². The SMILES string of the molecule is CCCCC[C@@]12C[C@@H](O)[C@@H](O)C[C@]1(C)[C@H]1CC[C@]3(C)[C@@H]4[C@@H](CC#C[C@H]([C@@H]5COC(=O)[C@H]5c5cc[nH]c5)C[C@@H]5[C@@H](CC=C6CC[C@@H](C)C[C@H]65)[C@H](C)C[C@@H](O)[C@]4(C)O)C[C@@]3(O)C1=CC2=O. The number of rotatable bonds is 6. The first-order valence-electron chi connectivity index (χ1n) is 25.1. The number of H-pyrrole nitrogens is 1. The first-order valence-corrected chi connectivity index (χ1v) is 25.1. The van der Waals surface area contributed by atoms with Gasteiger partial charge in [-0.2, -0.15) is 0 Å². The Hall–Kier alpha value is -2.74. The highest BCUT2D eigenvalue weighted by Crippen LogP contribution is 2.73. The minimum Gasteiger partial charge on any atom is -0.465 e. The predicted octanol–water partition coefficient (Wildman–Crippen LogP) is 8.20. The van der Waals surface area contributed by atoms with Gasteiger partial charge >= 0.3 is 5.97 Å². The molecule has 0 bridgehead atoms. The topological polar surface area (TPSA) is 160 Å². The van der Waals surface area contributed by atoms with E-state index in [-0.39, 0.29) is 60.1 Å². The van der Waals surface area contributed by atoms with Crippen LogP contribution in [-0.2, 0) is 14.3 Å². The molecular formula is C54H77NO8. The molecule has 9 heteroatoms. The van der Waals surface area contributed by atoms with Crippen molar-refractivity contribution in [2.45, 2.75) is 180 Å². The number of fused-ring (bicyclic) bond motifs is 10. The number of allylic oxidation sites excluding steroid dienone is 3. The number of hydrogen-bond donors (Lipinski definition) is 6. The summed E-state index contributed by atoms with van der Waals surface area (Å²) >= 11 is 0. The van der Waals surface area contributed by atoms with Gasteiger partial charge in [-0.25, -0.2) is 0 Å². The molecule has 1 aromatic heterocycles. The van der Waals surface area contributed by atoms with Crippen LogP contribution in [0.4, 0.5) is 0 Å². The highest BCUT2D eigenvalue weighted by molar-refractivity contribution is 5.98. The van der Waals surface area contributed by atoms with Crippen molar-refractivity contribution < 1.29 is 39.9 Å². The van der Waals surface area contributed by atoms with Gasteiger partial charge in [0.25, 0.3) is 0 Å². The van der Waals surface area contributed by atoms with Crippen LogP contribution in [0, 0.1) is 87.3 Å². The molecule has 6 N–H and O–H groups in total. The molecule has 1 aromatic rings. The van der Waals surface area contributed by atoms with Crippen LogP contribution in [0.1, 0.15) is 156 Å². The zero-order chi connectivity index (χ0) is 44.9. The fourth-order valence-corrected chi connectivity index (χ4v) is 16.7. The number of carbonyl (C=O) groups excluding carboxylic acids is 2. The average molecular weight is 868 g/mol. The Morgan fingerprint density at radius 3 is 2.44 bits per heavy atom. The molecular weight excluding hydrogens is 791 g/mol. The number of ether oxygens (including phenoxy) is 1. The molecule has 7 aliphatic carbocycles. The van der Waals surface area contributed by atoms with E-state index in [4.69, 9.17) is 4.74 Å². The summed E-state index contributed by atoms with van der Waals surface area (Å²) in [5, 5.41) is 61.7.